The van der Waals surface area contributed by atoms with Crippen molar-refractivity contribution < 1.29 is 14.4 Å². The Balaban J connectivity index is 0. The number of carbonyl (C=O) groups is 1. The maximum absolute atomic E-state index is 10.7. The summed E-state index contributed by atoms with van der Waals surface area (Å²) in [5.41, 5.74) is 5.22. The van der Waals surface area contributed by atoms with Crippen LogP contribution in [0.1, 0.15) is 32.6 Å². The minimum Gasteiger partial charge on any atom is -0.330 e. The summed E-state index contributed by atoms with van der Waals surface area (Å²) in [7, 11) is 0. The lowest BCUT2D eigenvalue weighted by Gasteiger charge is -1.94. The van der Waals surface area contributed by atoms with Crippen molar-refractivity contribution in [3.8, 4) is 0 Å². The van der Waals surface area contributed by atoms with E-state index in [0.717, 1.165) is 19.3 Å². The van der Waals surface area contributed by atoms with Crippen molar-refractivity contribution in [2.75, 3.05) is 6.54 Å². The molecule has 70 valence electrons. The first-order chi connectivity index (χ1) is 5.72. The predicted octanol–water partition coefficient (Wildman–Crippen LogP) is 0.511. The highest BCUT2D eigenvalue weighted by Crippen LogP contribution is 1.95. The van der Waals surface area contributed by atoms with Gasteiger partial charge in [0.15, 0.2) is 0 Å². The summed E-state index contributed by atoms with van der Waals surface area (Å²) in [6.07, 6.45) is 3.45. The molecule has 4 heteroatoms. The quantitative estimate of drug-likeness (QED) is 0.657. The van der Waals surface area contributed by atoms with Crippen LogP contribution in [0, 0.1) is 0 Å². The summed E-state index contributed by atoms with van der Waals surface area (Å²) in [6, 6.07) is 0. The molecule has 0 fully saturated rings. The lowest BCUT2D eigenvalue weighted by atomic mass is 10.1. The van der Waals surface area contributed by atoms with Crippen LogP contribution < -0.4 is 5.73 Å². The van der Waals surface area contributed by atoms with Gasteiger partial charge in [0.05, 0.1) is 0 Å². The molecule has 0 aliphatic rings. The van der Waals surface area contributed by atoms with Gasteiger partial charge in [0, 0.05) is 12.8 Å². The number of rotatable bonds is 5. The molecule has 0 aliphatic heterocycles. The third-order valence-corrected chi connectivity index (χ3v) is 1.19. The van der Waals surface area contributed by atoms with Crippen molar-refractivity contribution in [3.05, 3.63) is 0 Å². The number of nitrogens with two attached hydrogens (primary N) is 1. The minimum atomic E-state index is 0.250. The first-order valence-corrected chi connectivity index (χ1v) is 3.93. The van der Waals surface area contributed by atoms with Gasteiger partial charge in [-0.15, -0.1) is 0 Å². The first-order valence-electron chi connectivity index (χ1n) is 3.93. The van der Waals surface area contributed by atoms with Gasteiger partial charge in [-0.3, -0.25) is 4.79 Å². The van der Waals surface area contributed by atoms with Crippen LogP contribution in [0.4, 0.5) is 0 Å². The van der Waals surface area contributed by atoms with Crippen molar-refractivity contribution in [2.45, 2.75) is 32.6 Å². The van der Waals surface area contributed by atoms with E-state index in [1.54, 1.807) is 0 Å². The second-order valence-corrected chi connectivity index (χ2v) is 2.26. The third-order valence-electron chi connectivity index (χ3n) is 1.19. The molecule has 0 aromatic rings. The van der Waals surface area contributed by atoms with Crippen LogP contribution in [-0.2, 0) is 14.4 Å². The van der Waals surface area contributed by atoms with E-state index in [-0.39, 0.29) is 6.15 Å². The topological polar surface area (TPSA) is 77.2 Å². The van der Waals surface area contributed by atoms with Crippen molar-refractivity contribution in [3.63, 3.8) is 0 Å². The molecule has 0 aromatic heterocycles. The monoisotopic (exact) mass is 173 g/mol. The van der Waals surface area contributed by atoms with Crippen LogP contribution in [0.15, 0.2) is 0 Å². The first kappa shape index (κ1) is 13.6. The Morgan fingerprint density at radius 3 is 2.17 bits per heavy atom. The van der Waals surface area contributed by atoms with Crippen LogP contribution in [0.5, 0.6) is 0 Å². The summed E-state index contributed by atoms with van der Waals surface area (Å²) in [5, 5.41) is 0. The van der Waals surface area contributed by atoms with Crippen molar-refractivity contribution in [1.82, 2.24) is 0 Å². The Morgan fingerprint density at radius 2 is 1.83 bits per heavy atom. The van der Waals surface area contributed by atoms with E-state index in [1.807, 2.05) is 6.92 Å². The van der Waals surface area contributed by atoms with Gasteiger partial charge >= 0.3 is 6.15 Å². The van der Waals surface area contributed by atoms with E-state index in [2.05, 4.69) is 0 Å². The van der Waals surface area contributed by atoms with Crippen molar-refractivity contribution in [1.29, 1.82) is 0 Å². The maximum Gasteiger partial charge on any atom is 0.373 e. The standard InChI is InChI=1S/C7H15NO.CO2/c1-2-4-7(9)5-3-6-8;2-1-3/h2-6,8H2,1H3;. The molecule has 2 N–H and O–H groups in total. The molecule has 0 atom stereocenters. The van der Waals surface area contributed by atoms with Crippen molar-refractivity contribution in [2.24, 2.45) is 5.73 Å². The molecule has 0 bridgehead atoms. The van der Waals surface area contributed by atoms with Gasteiger partial charge in [-0.2, -0.15) is 9.59 Å². The Labute approximate surface area is 72.1 Å². The lowest BCUT2D eigenvalue weighted by molar-refractivity contribution is -0.191. The average Bonchev–Trinajstić information content (AvgIpc) is 2.03. The normalized spacial score (nSPS) is 7.83. The fourth-order valence-corrected chi connectivity index (χ4v) is 0.703. The lowest BCUT2D eigenvalue weighted by Crippen LogP contribution is -2.03. The Morgan fingerprint density at radius 1 is 1.33 bits per heavy atom. The molecule has 0 spiro atoms. The number of hydrogen-bond acceptors (Lipinski definition) is 4. The van der Waals surface area contributed by atoms with Crippen molar-refractivity contribution >= 4 is 11.9 Å². The SMILES string of the molecule is CCCC(=O)CCCN.O=C=O. The molecule has 0 aliphatic carbocycles. The molecule has 0 saturated heterocycles. The number of Topliss-reactive ketones (excluding diaryl/α,β-unsaturated/α-hetero) is 1. The van der Waals surface area contributed by atoms with Crippen LogP contribution in [0.25, 0.3) is 0 Å². The van der Waals surface area contributed by atoms with Gasteiger partial charge in [-0.1, -0.05) is 6.92 Å². The van der Waals surface area contributed by atoms with Gasteiger partial charge in [-0.05, 0) is 19.4 Å². The van der Waals surface area contributed by atoms with E-state index in [9.17, 15) is 4.79 Å². The third kappa shape index (κ3) is 16.0. The molecular formula is C8H15NO3. The molecule has 0 unspecified atom stereocenters. The van der Waals surface area contributed by atoms with Crippen LogP contribution in [0.3, 0.4) is 0 Å². The summed E-state index contributed by atoms with van der Waals surface area (Å²) in [5.74, 6) is 0.350. The molecule has 0 radical (unpaired) electrons. The smallest absolute Gasteiger partial charge is 0.330 e. The summed E-state index contributed by atoms with van der Waals surface area (Å²) in [4.78, 5) is 27.0. The Bertz CT molecular complexity index is 139. The Hall–Kier alpha value is -0.990. The fourth-order valence-electron chi connectivity index (χ4n) is 0.703. The molecular weight excluding hydrogens is 158 g/mol. The van der Waals surface area contributed by atoms with Gasteiger partial charge in [0.2, 0.25) is 0 Å². The van der Waals surface area contributed by atoms with E-state index in [1.165, 1.54) is 0 Å². The maximum atomic E-state index is 10.7. The number of ketones is 1. The fraction of sp³-hybridized carbons (Fsp3) is 0.750. The second-order valence-electron chi connectivity index (χ2n) is 2.26. The van der Waals surface area contributed by atoms with E-state index < -0.39 is 0 Å². The summed E-state index contributed by atoms with van der Waals surface area (Å²) < 4.78 is 0. The Kier molecular flexibility index (Phi) is 14.3. The molecule has 0 aromatic carbocycles. The summed E-state index contributed by atoms with van der Waals surface area (Å²) >= 11 is 0. The van der Waals surface area contributed by atoms with E-state index in [4.69, 9.17) is 15.3 Å². The zero-order valence-corrected chi connectivity index (χ0v) is 7.34. The van der Waals surface area contributed by atoms with Crippen LogP contribution >= 0.6 is 0 Å². The van der Waals surface area contributed by atoms with Gasteiger partial charge < -0.3 is 5.73 Å². The van der Waals surface area contributed by atoms with Crippen LogP contribution in [0.2, 0.25) is 0 Å². The predicted molar refractivity (Wildman–Crippen MR) is 43.2 cm³/mol. The van der Waals surface area contributed by atoms with Crippen LogP contribution in [-0.4, -0.2) is 18.5 Å². The molecule has 4 nitrogen and oxygen atoms in total. The molecule has 0 amide bonds. The molecule has 0 rings (SSSR count). The molecule has 0 saturated carbocycles. The highest BCUT2D eigenvalue weighted by Gasteiger charge is 1.96. The number of carbonyl (C=O) groups excluding carboxylic acids is 3. The molecule has 0 heterocycles. The second kappa shape index (κ2) is 12.7. The van der Waals surface area contributed by atoms with E-state index >= 15 is 0 Å². The number of hydrogen-bond donors (Lipinski definition) is 1. The molecule has 12 heavy (non-hydrogen) atoms. The van der Waals surface area contributed by atoms with Gasteiger partial charge in [0.25, 0.3) is 0 Å². The van der Waals surface area contributed by atoms with Gasteiger partial charge in [-0.25, -0.2) is 0 Å². The highest BCUT2D eigenvalue weighted by molar-refractivity contribution is 5.78. The average molecular weight is 173 g/mol. The largest absolute Gasteiger partial charge is 0.373 e. The zero-order chi connectivity index (χ0) is 9.82. The minimum absolute atomic E-state index is 0.250. The van der Waals surface area contributed by atoms with E-state index in [0.29, 0.717) is 18.7 Å². The van der Waals surface area contributed by atoms with Gasteiger partial charge in [0.1, 0.15) is 5.78 Å². The summed E-state index contributed by atoms with van der Waals surface area (Å²) in [6.45, 7) is 2.65. The zero-order valence-electron chi connectivity index (χ0n) is 7.34. The highest BCUT2D eigenvalue weighted by atomic mass is 16.2.